The van der Waals surface area contributed by atoms with Crippen molar-refractivity contribution in [1.29, 1.82) is 0 Å². The molecule has 0 bridgehead atoms. The van der Waals surface area contributed by atoms with E-state index in [9.17, 15) is 9.59 Å². The predicted molar refractivity (Wildman–Crippen MR) is 77.5 cm³/mol. The van der Waals surface area contributed by atoms with Gasteiger partial charge in [0.1, 0.15) is 6.04 Å². The Labute approximate surface area is 118 Å². The van der Waals surface area contributed by atoms with Crippen LogP contribution in [0.3, 0.4) is 0 Å². The molecule has 1 saturated heterocycles. The second-order valence-corrected chi connectivity index (χ2v) is 6.45. The monoisotopic (exact) mass is 288 g/mol. The molecule has 3 N–H and O–H groups in total. The molecule has 1 fully saturated rings. The van der Waals surface area contributed by atoms with Gasteiger partial charge in [-0.3, -0.25) is 0 Å². The minimum absolute atomic E-state index is 0.0766. The molecular formula is C13H24N2O3S. The Hall–Kier alpha value is -0.910. The highest BCUT2D eigenvalue weighted by Crippen LogP contribution is 2.24. The van der Waals surface area contributed by atoms with Crippen LogP contribution in [0, 0.1) is 5.92 Å². The highest BCUT2D eigenvalue weighted by atomic mass is 32.2. The van der Waals surface area contributed by atoms with E-state index in [1.54, 1.807) is 0 Å². The van der Waals surface area contributed by atoms with Crippen LogP contribution in [0.1, 0.15) is 39.5 Å². The van der Waals surface area contributed by atoms with E-state index >= 15 is 0 Å². The maximum absolute atomic E-state index is 11.7. The second-order valence-electron chi connectivity index (χ2n) is 5.04. The van der Waals surface area contributed by atoms with E-state index in [1.165, 1.54) is 12.8 Å². The number of thioether (sulfide) groups is 1. The summed E-state index contributed by atoms with van der Waals surface area (Å²) in [6.07, 6.45) is 4.31. The quantitative estimate of drug-likeness (QED) is 0.699. The molecule has 0 radical (unpaired) electrons. The zero-order chi connectivity index (χ0) is 14.3. The molecule has 1 aliphatic rings. The average Bonchev–Trinajstić information content (AvgIpc) is 2.42. The van der Waals surface area contributed by atoms with E-state index in [0.717, 1.165) is 18.6 Å². The van der Waals surface area contributed by atoms with Gasteiger partial charge in [0.25, 0.3) is 0 Å². The molecule has 3 unspecified atom stereocenters. The van der Waals surface area contributed by atoms with Gasteiger partial charge >= 0.3 is 12.0 Å². The summed E-state index contributed by atoms with van der Waals surface area (Å²) < 4.78 is 0. The standard InChI is InChI=1S/C13H24N2O3S/c1-3-9(2)11(12(16)17)15-13(18)14-8-10-6-4-5-7-19-10/h9-11H,3-8H2,1-2H3,(H,16,17)(H2,14,15,18). The van der Waals surface area contributed by atoms with Crippen molar-refractivity contribution in [3.63, 3.8) is 0 Å². The Bertz CT molecular complexity index is 306. The van der Waals surface area contributed by atoms with Gasteiger partial charge in [-0.15, -0.1) is 0 Å². The molecule has 0 aromatic carbocycles. The van der Waals surface area contributed by atoms with Crippen LogP contribution in [0.5, 0.6) is 0 Å². The fourth-order valence-electron chi connectivity index (χ4n) is 2.05. The largest absolute Gasteiger partial charge is 0.480 e. The average molecular weight is 288 g/mol. The zero-order valence-electron chi connectivity index (χ0n) is 11.6. The molecule has 0 saturated carbocycles. The summed E-state index contributed by atoms with van der Waals surface area (Å²) in [5, 5.41) is 14.9. The minimum Gasteiger partial charge on any atom is -0.480 e. The first-order valence-electron chi connectivity index (χ1n) is 6.93. The number of urea groups is 1. The number of hydrogen-bond donors (Lipinski definition) is 3. The lowest BCUT2D eigenvalue weighted by atomic mass is 9.99. The lowest BCUT2D eigenvalue weighted by Crippen LogP contribution is -2.50. The number of carboxylic acid groups (broad SMARTS) is 1. The first-order valence-corrected chi connectivity index (χ1v) is 7.98. The fourth-order valence-corrected chi connectivity index (χ4v) is 3.29. The molecule has 19 heavy (non-hydrogen) atoms. The molecule has 110 valence electrons. The van der Waals surface area contributed by atoms with Gasteiger partial charge in [0.2, 0.25) is 0 Å². The van der Waals surface area contributed by atoms with Crippen LogP contribution in [0.15, 0.2) is 0 Å². The Morgan fingerprint density at radius 2 is 2.16 bits per heavy atom. The summed E-state index contributed by atoms with van der Waals surface area (Å²) in [5.74, 6) is 0.0994. The molecule has 5 nitrogen and oxygen atoms in total. The Morgan fingerprint density at radius 1 is 1.42 bits per heavy atom. The van der Waals surface area contributed by atoms with E-state index < -0.39 is 12.0 Å². The fraction of sp³-hybridized carbons (Fsp3) is 0.846. The third kappa shape index (κ3) is 5.72. The van der Waals surface area contributed by atoms with Crippen molar-refractivity contribution in [3.05, 3.63) is 0 Å². The van der Waals surface area contributed by atoms with Gasteiger partial charge in [0.05, 0.1) is 0 Å². The smallest absolute Gasteiger partial charge is 0.326 e. The van der Waals surface area contributed by atoms with Crippen LogP contribution in [-0.4, -0.2) is 40.7 Å². The van der Waals surface area contributed by atoms with Crippen molar-refractivity contribution in [3.8, 4) is 0 Å². The molecule has 0 aromatic rings. The Morgan fingerprint density at radius 3 is 2.68 bits per heavy atom. The first kappa shape index (κ1) is 16.1. The van der Waals surface area contributed by atoms with E-state index in [-0.39, 0.29) is 11.9 Å². The van der Waals surface area contributed by atoms with Crippen molar-refractivity contribution in [2.75, 3.05) is 12.3 Å². The topological polar surface area (TPSA) is 78.4 Å². The molecule has 1 rings (SSSR count). The van der Waals surface area contributed by atoms with Crippen molar-refractivity contribution in [1.82, 2.24) is 10.6 Å². The summed E-state index contributed by atoms with van der Waals surface area (Å²) in [6, 6.07) is -1.19. The van der Waals surface area contributed by atoms with Crippen molar-refractivity contribution < 1.29 is 14.7 Å². The molecule has 1 heterocycles. The van der Waals surface area contributed by atoms with Gasteiger partial charge in [-0.25, -0.2) is 9.59 Å². The number of nitrogens with one attached hydrogen (secondary N) is 2. The van der Waals surface area contributed by atoms with Gasteiger partial charge in [0.15, 0.2) is 0 Å². The van der Waals surface area contributed by atoms with Gasteiger partial charge in [0, 0.05) is 11.8 Å². The second kappa shape index (κ2) is 8.30. The molecule has 2 amide bonds. The van der Waals surface area contributed by atoms with Gasteiger partial charge in [-0.2, -0.15) is 11.8 Å². The summed E-state index contributed by atoms with van der Waals surface area (Å²) in [6.45, 7) is 4.36. The highest BCUT2D eigenvalue weighted by molar-refractivity contribution is 7.99. The van der Waals surface area contributed by atoms with Crippen LogP contribution < -0.4 is 10.6 Å². The number of hydrogen-bond acceptors (Lipinski definition) is 3. The van der Waals surface area contributed by atoms with Gasteiger partial charge < -0.3 is 15.7 Å². The molecule has 3 atom stereocenters. The van der Waals surface area contributed by atoms with E-state index in [1.807, 2.05) is 25.6 Å². The first-order chi connectivity index (χ1) is 9.04. The maximum atomic E-state index is 11.7. The summed E-state index contributed by atoms with van der Waals surface area (Å²) >= 11 is 1.88. The van der Waals surface area contributed by atoms with Crippen LogP contribution in [0.25, 0.3) is 0 Å². The molecular weight excluding hydrogens is 264 g/mol. The van der Waals surface area contributed by atoms with Crippen LogP contribution >= 0.6 is 11.8 Å². The van der Waals surface area contributed by atoms with Crippen LogP contribution in [0.4, 0.5) is 4.79 Å². The summed E-state index contributed by atoms with van der Waals surface area (Å²) in [5.41, 5.74) is 0. The number of carbonyl (C=O) groups is 2. The SMILES string of the molecule is CCC(C)C(NC(=O)NCC1CCCCS1)C(=O)O. The van der Waals surface area contributed by atoms with Gasteiger partial charge in [-0.05, 0) is 24.5 Å². The Balaban J connectivity index is 2.33. The third-order valence-corrected chi connectivity index (χ3v) is 4.93. The Kier molecular flexibility index (Phi) is 7.05. The normalized spacial score (nSPS) is 22.3. The van der Waals surface area contributed by atoms with Crippen molar-refractivity contribution >= 4 is 23.8 Å². The number of rotatable bonds is 6. The number of aliphatic carboxylic acids is 1. The molecule has 0 aliphatic carbocycles. The minimum atomic E-state index is -0.975. The molecule has 0 spiro atoms. The summed E-state index contributed by atoms with van der Waals surface area (Å²) in [4.78, 5) is 22.8. The van der Waals surface area contributed by atoms with E-state index in [4.69, 9.17) is 5.11 Å². The predicted octanol–water partition coefficient (Wildman–Crippen LogP) is 2.07. The highest BCUT2D eigenvalue weighted by Gasteiger charge is 2.25. The van der Waals surface area contributed by atoms with Crippen molar-refractivity contribution in [2.24, 2.45) is 5.92 Å². The lowest BCUT2D eigenvalue weighted by molar-refractivity contribution is -0.140. The molecule has 0 aromatic heterocycles. The van der Waals surface area contributed by atoms with Crippen LogP contribution in [0.2, 0.25) is 0 Å². The maximum Gasteiger partial charge on any atom is 0.326 e. The third-order valence-electron chi connectivity index (χ3n) is 3.53. The molecule has 6 heteroatoms. The van der Waals surface area contributed by atoms with Crippen molar-refractivity contribution in [2.45, 2.75) is 50.8 Å². The van der Waals surface area contributed by atoms with E-state index in [0.29, 0.717) is 11.8 Å². The summed E-state index contributed by atoms with van der Waals surface area (Å²) in [7, 11) is 0. The van der Waals surface area contributed by atoms with Crippen LogP contribution in [-0.2, 0) is 4.79 Å². The van der Waals surface area contributed by atoms with Gasteiger partial charge in [-0.1, -0.05) is 26.7 Å². The van der Waals surface area contributed by atoms with E-state index in [2.05, 4.69) is 10.6 Å². The molecule has 1 aliphatic heterocycles. The number of carboxylic acids is 1. The zero-order valence-corrected chi connectivity index (χ0v) is 12.5. The lowest BCUT2D eigenvalue weighted by Gasteiger charge is -2.23. The number of carbonyl (C=O) groups excluding carboxylic acids is 1. The number of amides is 2.